The van der Waals surface area contributed by atoms with Crippen LogP contribution in [0.1, 0.15) is 12.0 Å². The molecule has 8 unspecified atom stereocenters. The summed E-state index contributed by atoms with van der Waals surface area (Å²) in [7, 11) is 0. The lowest BCUT2D eigenvalue weighted by molar-refractivity contribution is -0.130. The normalized spacial score (nSPS) is 19.5. The van der Waals surface area contributed by atoms with E-state index in [2.05, 4.69) is 0 Å². The van der Waals surface area contributed by atoms with Crippen molar-refractivity contribution in [2.75, 3.05) is 38.6 Å². The lowest BCUT2D eigenvalue weighted by atomic mass is 10.0. The molecule has 0 heterocycles. The van der Waals surface area contributed by atoms with Crippen LogP contribution in [-0.2, 0) is 6.42 Å². The van der Waals surface area contributed by atoms with Crippen LogP contribution in [0.3, 0.4) is 0 Å². The van der Waals surface area contributed by atoms with Crippen molar-refractivity contribution in [3.05, 3.63) is 29.8 Å². The van der Waals surface area contributed by atoms with Crippen LogP contribution in [-0.4, -0.2) is 138 Å². The molecule has 8 atom stereocenters. The van der Waals surface area contributed by atoms with Crippen molar-refractivity contribution in [2.24, 2.45) is 0 Å². The number of aryl methyl sites for hydroxylation is 1. The smallest absolute Gasteiger partial charge is 0.111 e. The Balaban J connectivity index is 2.82. The molecule has 12 N–H and O–H groups in total. The Bertz CT molecular complexity index is 622. The Morgan fingerprint density at radius 1 is 0.636 bits per heavy atom. The number of hydrogen-bond acceptors (Lipinski definition) is 12. The first-order valence-corrected chi connectivity index (χ1v) is 10.7. The Kier molecular flexibility index (Phi) is 13.2. The van der Waals surface area contributed by atoms with Crippen LogP contribution in [0.4, 0.5) is 5.69 Å². The molecular formula is C21H38N2O10. The number of rotatable bonds is 16. The molecule has 33 heavy (non-hydrogen) atoms. The summed E-state index contributed by atoms with van der Waals surface area (Å²) in [6.45, 7) is -1.98. The van der Waals surface area contributed by atoms with Crippen LogP contribution in [0.2, 0.25) is 0 Å². The Morgan fingerprint density at radius 2 is 1.03 bits per heavy atom. The number of nitrogens with two attached hydrogens (primary N) is 1. The van der Waals surface area contributed by atoms with E-state index in [1.165, 1.54) is 4.90 Å². The van der Waals surface area contributed by atoms with Gasteiger partial charge in [-0.15, -0.1) is 0 Å². The third-order valence-electron chi connectivity index (χ3n) is 5.46. The van der Waals surface area contributed by atoms with Crippen LogP contribution in [0.25, 0.3) is 0 Å². The predicted molar refractivity (Wildman–Crippen MR) is 118 cm³/mol. The lowest BCUT2D eigenvalue weighted by Crippen LogP contribution is -2.53. The van der Waals surface area contributed by atoms with E-state index < -0.39 is 62.0 Å². The molecule has 0 saturated carbocycles. The summed E-state index contributed by atoms with van der Waals surface area (Å²) < 4.78 is 0. The zero-order valence-electron chi connectivity index (χ0n) is 18.4. The van der Waals surface area contributed by atoms with E-state index in [1.807, 2.05) is 12.1 Å². The minimum atomic E-state index is -1.82. The standard InChI is InChI=1S/C21H38N2O10/c22-13-5-3-12(4-6-13)2-1-7-23(8-14(26)18(30)20(32)16(28)10-24)9-15(27)19(31)21(33)17(29)11-25/h3-6,14-21,24-33H,1-2,7-11,22H2. The minimum absolute atomic E-state index is 0.259. The van der Waals surface area contributed by atoms with Crippen molar-refractivity contribution in [3.8, 4) is 0 Å². The third-order valence-corrected chi connectivity index (χ3v) is 5.46. The van der Waals surface area contributed by atoms with Gasteiger partial charge in [-0.1, -0.05) is 12.1 Å². The summed E-state index contributed by atoms with van der Waals surface area (Å²) in [5.74, 6) is 0. The maximum Gasteiger partial charge on any atom is 0.111 e. The molecule has 0 aliphatic rings. The highest BCUT2D eigenvalue weighted by molar-refractivity contribution is 5.39. The van der Waals surface area contributed by atoms with Crippen LogP contribution < -0.4 is 5.73 Å². The molecule has 0 saturated heterocycles. The van der Waals surface area contributed by atoms with Crippen LogP contribution in [0.15, 0.2) is 24.3 Å². The molecule has 0 fully saturated rings. The molecule has 0 aliphatic carbocycles. The summed E-state index contributed by atoms with van der Waals surface area (Å²) in [6.07, 6.45) is -12.6. The second kappa shape index (κ2) is 14.8. The van der Waals surface area contributed by atoms with Gasteiger partial charge in [-0.2, -0.15) is 0 Å². The molecule has 192 valence electrons. The average Bonchev–Trinajstić information content (AvgIpc) is 2.81. The maximum absolute atomic E-state index is 10.3. The lowest BCUT2D eigenvalue weighted by Gasteiger charge is -2.33. The average molecular weight is 479 g/mol. The number of hydrogen-bond donors (Lipinski definition) is 11. The van der Waals surface area contributed by atoms with Crippen molar-refractivity contribution in [3.63, 3.8) is 0 Å². The monoisotopic (exact) mass is 478 g/mol. The summed E-state index contributed by atoms with van der Waals surface area (Å²) in [5.41, 5.74) is 7.25. The first-order valence-electron chi connectivity index (χ1n) is 10.7. The van der Waals surface area contributed by atoms with Crippen LogP contribution in [0.5, 0.6) is 0 Å². The van der Waals surface area contributed by atoms with E-state index in [-0.39, 0.29) is 19.6 Å². The van der Waals surface area contributed by atoms with Gasteiger partial charge in [0.15, 0.2) is 0 Å². The van der Waals surface area contributed by atoms with Gasteiger partial charge in [-0.3, -0.25) is 4.90 Å². The highest BCUT2D eigenvalue weighted by Crippen LogP contribution is 2.13. The molecular weight excluding hydrogens is 440 g/mol. The molecule has 12 nitrogen and oxygen atoms in total. The second-order valence-electron chi connectivity index (χ2n) is 8.20. The number of nitrogens with zero attached hydrogens (tertiary/aromatic N) is 1. The number of anilines is 1. The topological polar surface area (TPSA) is 232 Å². The van der Waals surface area contributed by atoms with E-state index in [4.69, 9.17) is 15.9 Å². The van der Waals surface area contributed by atoms with Gasteiger partial charge >= 0.3 is 0 Å². The predicted octanol–water partition coefficient (Wildman–Crippen LogP) is -4.62. The molecule has 1 aromatic carbocycles. The molecule has 0 aliphatic heterocycles. The van der Waals surface area contributed by atoms with Crippen molar-refractivity contribution < 1.29 is 51.1 Å². The SMILES string of the molecule is Nc1ccc(CCCN(CC(O)C(O)C(O)C(O)CO)CC(O)C(O)C(O)C(O)CO)cc1. The quantitative estimate of drug-likeness (QED) is 0.101. The Hall–Kier alpha value is -1.42. The van der Waals surface area contributed by atoms with Gasteiger partial charge in [0.05, 0.1) is 25.4 Å². The third kappa shape index (κ3) is 9.76. The number of benzene rings is 1. The molecule has 1 aromatic rings. The Morgan fingerprint density at radius 3 is 1.42 bits per heavy atom. The second-order valence-corrected chi connectivity index (χ2v) is 8.20. The van der Waals surface area contributed by atoms with Gasteiger partial charge in [-0.05, 0) is 37.1 Å². The highest BCUT2D eigenvalue weighted by Gasteiger charge is 2.34. The van der Waals surface area contributed by atoms with Crippen molar-refractivity contribution in [1.82, 2.24) is 4.90 Å². The number of aliphatic hydroxyl groups excluding tert-OH is 10. The van der Waals surface area contributed by atoms with E-state index in [9.17, 15) is 40.9 Å². The molecule has 12 heteroatoms. The number of nitrogen functional groups attached to an aromatic ring is 1. The van der Waals surface area contributed by atoms with Crippen LogP contribution in [0, 0.1) is 0 Å². The molecule has 0 amide bonds. The largest absolute Gasteiger partial charge is 0.399 e. The van der Waals surface area contributed by atoms with Gasteiger partial charge in [0, 0.05) is 18.8 Å². The highest BCUT2D eigenvalue weighted by atomic mass is 16.4. The molecule has 0 bridgehead atoms. The fraction of sp³-hybridized carbons (Fsp3) is 0.714. The molecule has 0 radical (unpaired) electrons. The first kappa shape index (κ1) is 29.6. The van der Waals surface area contributed by atoms with E-state index in [0.717, 1.165) is 5.56 Å². The van der Waals surface area contributed by atoms with Gasteiger partial charge in [-0.25, -0.2) is 0 Å². The Labute approximate surface area is 192 Å². The first-order chi connectivity index (χ1) is 15.5. The number of aliphatic hydroxyl groups is 10. The molecule has 0 spiro atoms. The summed E-state index contributed by atoms with van der Waals surface area (Å²) in [5, 5.41) is 97.2. The maximum atomic E-state index is 10.3. The van der Waals surface area contributed by atoms with E-state index in [1.54, 1.807) is 12.1 Å². The summed E-state index contributed by atoms with van der Waals surface area (Å²) in [4.78, 5) is 1.47. The van der Waals surface area contributed by atoms with Gasteiger partial charge in [0.2, 0.25) is 0 Å². The van der Waals surface area contributed by atoms with Gasteiger partial charge in [0.25, 0.3) is 0 Å². The molecule has 0 aromatic heterocycles. The van der Waals surface area contributed by atoms with Crippen molar-refractivity contribution >= 4 is 5.69 Å². The van der Waals surface area contributed by atoms with Crippen molar-refractivity contribution in [1.29, 1.82) is 0 Å². The summed E-state index contributed by atoms with van der Waals surface area (Å²) in [6, 6.07) is 7.18. The zero-order valence-corrected chi connectivity index (χ0v) is 18.4. The zero-order chi connectivity index (χ0) is 25.1. The van der Waals surface area contributed by atoms with Gasteiger partial charge in [0.1, 0.15) is 36.6 Å². The van der Waals surface area contributed by atoms with E-state index >= 15 is 0 Å². The van der Waals surface area contributed by atoms with Gasteiger partial charge < -0.3 is 56.8 Å². The van der Waals surface area contributed by atoms with E-state index in [0.29, 0.717) is 18.5 Å². The summed E-state index contributed by atoms with van der Waals surface area (Å²) >= 11 is 0. The molecule has 1 rings (SSSR count). The van der Waals surface area contributed by atoms with Crippen molar-refractivity contribution in [2.45, 2.75) is 61.7 Å². The fourth-order valence-electron chi connectivity index (χ4n) is 3.32. The minimum Gasteiger partial charge on any atom is -0.399 e. The van der Waals surface area contributed by atoms with Crippen LogP contribution >= 0.6 is 0 Å². The fourth-order valence-corrected chi connectivity index (χ4v) is 3.32.